The van der Waals surface area contributed by atoms with Crippen molar-refractivity contribution in [2.75, 3.05) is 5.73 Å². The highest BCUT2D eigenvalue weighted by Gasteiger charge is 2.14. The van der Waals surface area contributed by atoms with Gasteiger partial charge in [0.1, 0.15) is 0 Å². The number of rotatable bonds is 2. The third kappa shape index (κ3) is 1.54. The summed E-state index contributed by atoms with van der Waals surface area (Å²) in [5, 5.41) is 0.842. The SMILES string of the molecule is CC(C)c1nc2ccccc2c(N)c1C=O. The summed E-state index contributed by atoms with van der Waals surface area (Å²) in [5.74, 6) is 0.187. The molecule has 0 unspecified atom stereocenters. The van der Waals surface area contributed by atoms with Crippen molar-refractivity contribution in [3.63, 3.8) is 0 Å². The van der Waals surface area contributed by atoms with Crippen molar-refractivity contribution in [2.24, 2.45) is 0 Å². The minimum Gasteiger partial charge on any atom is -0.398 e. The number of para-hydroxylation sites is 1. The summed E-state index contributed by atoms with van der Waals surface area (Å²) in [6.07, 6.45) is 0.796. The molecule has 0 aliphatic carbocycles. The molecule has 1 heterocycles. The van der Waals surface area contributed by atoms with E-state index in [0.717, 1.165) is 22.9 Å². The van der Waals surface area contributed by atoms with E-state index < -0.39 is 0 Å². The monoisotopic (exact) mass is 214 g/mol. The molecule has 1 aromatic carbocycles. The molecule has 82 valence electrons. The van der Waals surface area contributed by atoms with Crippen LogP contribution >= 0.6 is 0 Å². The van der Waals surface area contributed by atoms with Crippen molar-refractivity contribution in [2.45, 2.75) is 19.8 Å². The standard InChI is InChI=1S/C13H14N2O/c1-8(2)13-10(7-16)12(14)9-5-3-4-6-11(9)15-13/h3-8H,1-2H3,(H2,14,15). The van der Waals surface area contributed by atoms with Gasteiger partial charge in [0.25, 0.3) is 0 Å². The quantitative estimate of drug-likeness (QED) is 0.782. The summed E-state index contributed by atoms with van der Waals surface area (Å²) in [6.45, 7) is 4.01. The first kappa shape index (κ1) is 10.6. The number of nitrogens with zero attached hydrogens (tertiary/aromatic N) is 1. The molecule has 1 aromatic heterocycles. The second-order valence-electron chi connectivity index (χ2n) is 4.11. The number of hydrogen-bond acceptors (Lipinski definition) is 3. The number of carbonyl (C=O) groups excluding carboxylic acids is 1. The van der Waals surface area contributed by atoms with Gasteiger partial charge in [-0.25, -0.2) is 0 Å². The fourth-order valence-corrected chi connectivity index (χ4v) is 1.84. The Bertz CT molecular complexity index is 547. The van der Waals surface area contributed by atoms with Gasteiger partial charge in [-0.15, -0.1) is 0 Å². The van der Waals surface area contributed by atoms with E-state index in [1.807, 2.05) is 38.1 Å². The van der Waals surface area contributed by atoms with E-state index >= 15 is 0 Å². The van der Waals surface area contributed by atoms with Gasteiger partial charge in [0.15, 0.2) is 6.29 Å². The highest BCUT2D eigenvalue weighted by molar-refractivity contribution is 6.00. The highest BCUT2D eigenvalue weighted by Crippen LogP contribution is 2.28. The number of carbonyl (C=O) groups is 1. The molecule has 0 spiro atoms. The summed E-state index contributed by atoms with van der Waals surface area (Å²) in [6, 6.07) is 7.60. The minimum absolute atomic E-state index is 0.187. The molecule has 0 bridgehead atoms. The van der Waals surface area contributed by atoms with E-state index in [1.54, 1.807) is 0 Å². The molecule has 0 saturated carbocycles. The molecule has 0 fully saturated rings. The van der Waals surface area contributed by atoms with Crippen molar-refractivity contribution in [3.8, 4) is 0 Å². The fourth-order valence-electron chi connectivity index (χ4n) is 1.84. The van der Waals surface area contributed by atoms with Gasteiger partial charge in [-0.1, -0.05) is 32.0 Å². The van der Waals surface area contributed by atoms with E-state index in [0.29, 0.717) is 11.3 Å². The van der Waals surface area contributed by atoms with Gasteiger partial charge in [-0.2, -0.15) is 0 Å². The van der Waals surface area contributed by atoms with Crippen molar-refractivity contribution in [1.82, 2.24) is 4.98 Å². The molecule has 2 aromatic rings. The fraction of sp³-hybridized carbons (Fsp3) is 0.231. The molecule has 3 heteroatoms. The lowest BCUT2D eigenvalue weighted by atomic mass is 10.0. The van der Waals surface area contributed by atoms with Crippen LogP contribution in [0.25, 0.3) is 10.9 Å². The van der Waals surface area contributed by atoms with E-state index in [-0.39, 0.29) is 5.92 Å². The zero-order valence-electron chi connectivity index (χ0n) is 9.40. The molecule has 3 nitrogen and oxygen atoms in total. The number of benzene rings is 1. The van der Waals surface area contributed by atoms with E-state index in [4.69, 9.17) is 5.73 Å². The van der Waals surface area contributed by atoms with E-state index in [2.05, 4.69) is 4.98 Å². The smallest absolute Gasteiger partial charge is 0.154 e. The van der Waals surface area contributed by atoms with Crippen LogP contribution in [0, 0.1) is 0 Å². The second-order valence-corrected chi connectivity index (χ2v) is 4.11. The van der Waals surface area contributed by atoms with Crippen molar-refractivity contribution < 1.29 is 4.79 Å². The Balaban J connectivity index is 2.87. The number of nitrogen functional groups attached to an aromatic ring is 1. The first-order valence-corrected chi connectivity index (χ1v) is 5.28. The molecule has 16 heavy (non-hydrogen) atoms. The summed E-state index contributed by atoms with van der Waals surface area (Å²) >= 11 is 0. The Hall–Kier alpha value is -1.90. The zero-order chi connectivity index (χ0) is 11.7. The molecule has 2 N–H and O–H groups in total. The maximum Gasteiger partial charge on any atom is 0.154 e. The first-order chi connectivity index (χ1) is 7.65. The first-order valence-electron chi connectivity index (χ1n) is 5.28. The molecule has 0 amide bonds. The molecule has 0 radical (unpaired) electrons. The number of pyridine rings is 1. The lowest BCUT2D eigenvalue weighted by Gasteiger charge is -2.12. The van der Waals surface area contributed by atoms with Crippen LogP contribution in [0.15, 0.2) is 24.3 Å². The summed E-state index contributed by atoms with van der Waals surface area (Å²) in [7, 11) is 0. The van der Waals surface area contributed by atoms with Crippen LogP contribution in [0.5, 0.6) is 0 Å². The second kappa shape index (κ2) is 3.93. The summed E-state index contributed by atoms with van der Waals surface area (Å²) in [4.78, 5) is 15.6. The predicted octanol–water partition coefficient (Wildman–Crippen LogP) is 2.75. The highest BCUT2D eigenvalue weighted by atomic mass is 16.1. The molecular formula is C13H14N2O. The van der Waals surface area contributed by atoms with Gasteiger partial charge >= 0.3 is 0 Å². The van der Waals surface area contributed by atoms with Crippen LogP contribution in [0.1, 0.15) is 35.8 Å². The van der Waals surface area contributed by atoms with Crippen LogP contribution in [0.2, 0.25) is 0 Å². The topological polar surface area (TPSA) is 56.0 Å². The van der Waals surface area contributed by atoms with Gasteiger partial charge in [0.05, 0.1) is 22.5 Å². The number of aldehydes is 1. The Labute approximate surface area is 94.3 Å². The maximum absolute atomic E-state index is 11.1. The number of aromatic nitrogens is 1. The molecule has 0 atom stereocenters. The molecule has 0 saturated heterocycles. The summed E-state index contributed by atoms with van der Waals surface area (Å²) < 4.78 is 0. The Kier molecular flexibility index (Phi) is 2.60. The van der Waals surface area contributed by atoms with Crippen LogP contribution in [-0.2, 0) is 0 Å². The number of nitrogens with two attached hydrogens (primary N) is 1. The molecule has 0 aliphatic heterocycles. The van der Waals surface area contributed by atoms with Crippen molar-refractivity contribution in [3.05, 3.63) is 35.5 Å². The Morgan fingerprint density at radius 2 is 2.00 bits per heavy atom. The lowest BCUT2D eigenvalue weighted by Crippen LogP contribution is -2.05. The molecular weight excluding hydrogens is 200 g/mol. The number of hydrogen-bond donors (Lipinski definition) is 1. The van der Waals surface area contributed by atoms with Gasteiger partial charge in [-0.3, -0.25) is 9.78 Å². The Morgan fingerprint density at radius 1 is 1.31 bits per heavy atom. The third-order valence-corrected chi connectivity index (χ3v) is 2.67. The molecule has 0 aliphatic rings. The van der Waals surface area contributed by atoms with Crippen molar-refractivity contribution in [1.29, 1.82) is 0 Å². The normalized spacial score (nSPS) is 10.9. The van der Waals surface area contributed by atoms with Crippen LogP contribution in [0.3, 0.4) is 0 Å². The van der Waals surface area contributed by atoms with Crippen LogP contribution < -0.4 is 5.73 Å². The zero-order valence-corrected chi connectivity index (χ0v) is 9.40. The lowest BCUT2D eigenvalue weighted by molar-refractivity contribution is 0.112. The van der Waals surface area contributed by atoms with Gasteiger partial charge in [0, 0.05) is 5.39 Å². The van der Waals surface area contributed by atoms with Crippen LogP contribution in [0.4, 0.5) is 5.69 Å². The average Bonchev–Trinajstić information content (AvgIpc) is 2.29. The minimum atomic E-state index is 0.187. The largest absolute Gasteiger partial charge is 0.398 e. The third-order valence-electron chi connectivity index (χ3n) is 2.67. The van der Waals surface area contributed by atoms with Gasteiger partial charge < -0.3 is 5.73 Å². The number of fused-ring (bicyclic) bond motifs is 1. The van der Waals surface area contributed by atoms with E-state index in [1.165, 1.54) is 0 Å². The van der Waals surface area contributed by atoms with Crippen LogP contribution in [-0.4, -0.2) is 11.3 Å². The summed E-state index contributed by atoms with van der Waals surface area (Å²) in [5.41, 5.74) is 8.66. The van der Waals surface area contributed by atoms with Gasteiger partial charge in [-0.05, 0) is 12.0 Å². The predicted molar refractivity (Wildman–Crippen MR) is 65.6 cm³/mol. The maximum atomic E-state index is 11.1. The Morgan fingerprint density at radius 3 is 2.62 bits per heavy atom. The number of anilines is 1. The van der Waals surface area contributed by atoms with Crippen molar-refractivity contribution >= 4 is 22.9 Å². The van der Waals surface area contributed by atoms with E-state index in [9.17, 15) is 4.79 Å². The average molecular weight is 214 g/mol. The molecule has 2 rings (SSSR count). The van der Waals surface area contributed by atoms with Gasteiger partial charge in [0.2, 0.25) is 0 Å².